The van der Waals surface area contributed by atoms with Gasteiger partial charge in [-0.1, -0.05) is 13.8 Å². The fourth-order valence-electron chi connectivity index (χ4n) is 2.27. The summed E-state index contributed by atoms with van der Waals surface area (Å²) in [6.45, 7) is 3.80. The number of ether oxygens (including phenoxy) is 1. The molecular weight excluding hydrogens is 256 g/mol. The van der Waals surface area contributed by atoms with Gasteiger partial charge in [0.1, 0.15) is 11.8 Å². The van der Waals surface area contributed by atoms with Crippen LogP contribution in [0.3, 0.4) is 0 Å². The lowest BCUT2D eigenvalue weighted by molar-refractivity contribution is -0.132. The van der Waals surface area contributed by atoms with Gasteiger partial charge >= 0.3 is 0 Å². The van der Waals surface area contributed by atoms with Crippen LogP contribution in [-0.4, -0.2) is 18.4 Å². The van der Waals surface area contributed by atoms with E-state index in [4.69, 9.17) is 10.00 Å². The van der Waals surface area contributed by atoms with E-state index in [1.165, 1.54) is 4.90 Å². The molecule has 5 nitrogen and oxygen atoms in total. The van der Waals surface area contributed by atoms with Gasteiger partial charge < -0.3 is 4.74 Å². The molecule has 1 fully saturated rings. The number of amides is 2. The van der Waals surface area contributed by atoms with Crippen LogP contribution in [0.4, 0.5) is 5.69 Å². The summed E-state index contributed by atoms with van der Waals surface area (Å²) in [7, 11) is 0. The van der Waals surface area contributed by atoms with Crippen LogP contribution >= 0.6 is 0 Å². The Hall–Kier alpha value is -2.35. The zero-order valence-corrected chi connectivity index (χ0v) is 11.5. The average molecular weight is 272 g/mol. The van der Waals surface area contributed by atoms with Gasteiger partial charge in [0.25, 0.3) is 0 Å². The monoisotopic (exact) mass is 272 g/mol. The fourth-order valence-corrected chi connectivity index (χ4v) is 2.27. The number of benzene rings is 1. The highest BCUT2D eigenvalue weighted by atomic mass is 16.5. The van der Waals surface area contributed by atoms with Crippen molar-refractivity contribution in [1.82, 2.24) is 0 Å². The second kappa shape index (κ2) is 5.33. The Morgan fingerprint density at radius 1 is 1.20 bits per heavy atom. The van der Waals surface area contributed by atoms with Gasteiger partial charge in [0.05, 0.1) is 5.69 Å². The van der Waals surface area contributed by atoms with E-state index in [1.54, 1.807) is 24.3 Å². The zero-order valence-electron chi connectivity index (χ0n) is 11.5. The van der Waals surface area contributed by atoms with Crippen molar-refractivity contribution in [3.8, 4) is 11.8 Å². The number of hydrogen-bond donors (Lipinski definition) is 0. The lowest BCUT2D eigenvalue weighted by atomic mass is 9.81. The Morgan fingerprint density at radius 3 is 2.25 bits per heavy atom. The predicted octanol–water partition coefficient (Wildman–Crippen LogP) is 2.27. The Labute approximate surface area is 117 Å². The van der Waals surface area contributed by atoms with Gasteiger partial charge in [0.15, 0.2) is 6.61 Å². The topological polar surface area (TPSA) is 70.4 Å². The van der Waals surface area contributed by atoms with E-state index in [1.807, 2.05) is 19.9 Å². The lowest BCUT2D eigenvalue weighted by Crippen LogP contribution is -2.46. The van der Waals surface area contributed by atoms with Crippen LogP contribution in [0.25, 0.3) is 0 Å². The summed E-state index contributed by atoms with van der Waals surface area (Å²) >= 11 is 0. The summed E-state index contributed by atoms with van der Waals surface area (Å²) in [5, 5.41) is 8.43. The minimum Gasteiger partial charge on any atom is -0.479 e. The lowest BCUT2D eigenvalue weighted by Gasteiger charge is -2.34. The Bertz CT molecular complexity index is 550. The number of nitrogens with zero attached hydrogens (tertiary/aromatic N) is 2. The molecule has 0 saturated carbocycles. The predicted molar refractivity (Wildman–Crippen MR) is 73.1 cm³/mol. The van der Waals surface area contributed by atoms with Crippen LogP contribution in [-0.2, 0) is 9.59 Å². The van der Waals surface area contributed by atoms with Crippen molar-refractivity contribution in [2.45, 2.75) is 26.7 Å². The highest BCUT2D eigenvalue weighted by molar-refractivity contribution is 6.16. The van der Waals surface area contributed by atoms with Gasteiger partial charge in [-0.25, -0.2) is 0 Å². The number of anilines is 1. The van der Waals surface area contributed by atoms with Crippen molar-refractivity contribution < 1.29 is 14.3 Å². The summed E-state index contributed by atoms with van der Waals surface area (Å²) in [5.74, 6) is 0.168. The molecule has 0 aromatic heterocycles. The number of carbonyl (C=O) groups is 2. The van der Waals surface area contributed by atoms with E-state index in [-0.39, 0.29) is 23.8 Å². The number of hydrogen-bond acceptors (Lipinski definition) is 4. The molecule has 2 rings (SSSR count). The van der Waals surface area contributed by atoms with E-state index in [0.29, 0.717) is 24.3 Å². The van der Waals surface area contributed by atoms with Gasteiger partial charge in [-0.3, -0.25) is 14.5 Å². The number of imide groups is 1. The SMILES string of the molecule is CC1(C)CC(=O)N(c2ccc(OCC#N)cc2)C(=O)C1. The quantitative estimate of drug-likeness (QED) is 0.791. The first-order valence-electron chi connectivity index (χ1n) is 6.38. The third-order valence-corrected chi connectivity index (χ3v) is 3.16. The number of piperidine rings is 1. The van der Waals surface area contributed by atoms with Crippen LogP contribution in [0.15, 0.2) is 24.3 Å². The normalized spacial score (nSPS) is 17.8. The van der Waals surface area contributed by atoms with E-state index < -0.39 is 0 Å². The van der Waals surface area contributed by atoms with Crippen molar-refractivity contribution in [3.63, 3.8) is 0 Å². The average Bonchev–Trinajstić information content (AvgIpc) is 2.35. The maximum Gasteiger partial charge on any atom is 0.234 e. The second-order valence-electron chi connectivity index (χ2n) is 5.58. The Morgan fingerprint density at radius 2 is 1.75 bits per heavy atom. The molecule has 0 unspecified atom stereocenters. The van der Waals surface area contributed by atoms with Crippen molar-refractivity contribution >= 4 is 17.5 Å². The van der Waals surface area contributed by atoms with Crippen LogP contribution in [0.5, 0.6) is 5.75 Å². The Kier molecular flexibility index (Phi) is 3.75. The van der Waals surface area contributed by atoms with E-state index in [0.717, 1.165) is 0 Å². The maximum absolute atomic E-state index is 12.1. The Balaban J connectivity index is 2.17. The summed E-state index contributed by atoms with van der Waals surface area (Å²) in [5.41, 5.74) is 0.264. The van der Waals surface area contributed by atoms with Crippen molar-refractivity contribution in [1.29, 1.82) is 5.26 Å². The largest absolute Gasteiger partial charge is 0.479 e. The standard InChI is InChI=1S/C15H16N2O3/c1-15(2)9-13(18)17(14(19)10-15)11-3-5-12(6-4-11)20-8-7-16/h3-6H,8-10H2,1-2H3. The molecule has 2 amide bonds. The van der Waals surface area contributed by atoms with Crippen LogP contribution in [0, 0.1) is 16.7 Å². The number of nitriles is 1. The fraction of sp³-hybridized carbons (Fsp3) is 0.400. The second-order valence-corrected chi connectivity index (χ2v) is 5.58. The molecule has 1 aromatic carbocycles. The smallest absolute Gasteiger partial charge is 0.234 e. The molecule has 1 aromatic rings. The van der Waals surface area contributed by atoms with Gasteiger partial charge in [-0.2, -0.15) is 5.26 Å². The first-order valence-corrected chi connectivity index (χ1v) is 6.38. The third kappa shape index (κ3) is 2.97. The molecule has 0 spiro atoms. The maximum atomic E-state index is 12.1. The van der Waals surface area contributed by atoms with Gasteiger partial charge in [0.2, 0.25) is 11.8 Å². The summed E-state index contributed by atoms with van der Waals surface area (Å²) in [4.78, 5) is 25.4. The molecule has 1 saturated heterocycles. The molecule has 0 N–H and O–H groups in total. The minimum atomic E-state index is -0.277. The zero-order chi connectivity index (χ0) is 14.8. The third-order valence-electron chi connectivity index (χ3n) is 3.16. The van der Waals surface area contributed by atoms with E-state index >= 15 is 0 Å². The van der Waals surface area contributed by atoms with Crippen LogP contribution in [0.1, 0.15) is 26.7 Å². The van der Waals surface area contributed by atoms with Gasteiger partial charge in [-0.05, 0) is 29.7 Å². The van der Waals surface area contributed by atoms with Crippen LogP contribution in [0.2, 0.25) is 0 Å². The van der Waals surface area contributed by atoms with E-state index in [9.17, 15) is 9.59 Å². The molecule has 0 aliphatic carbocycles. The van der Waals surface area contributed by atoms with Crippen molar-refractivity contribution in [3.05, 3.63) is 24.3 Å². The highest BCUT2D eigenvalue weighted by Gasteiger charge is 2.38. The highest BCUT2D eigenvalue weighted by Crippen LogP contribution is 2.34. The summed E-state index contributed by atoms with van der Waals surface area (Å²) in [6, 6.07) is 8.48. The molecular formula is C15H16N2O3. The molecule has 0 atom stereocenters. The number of carbonyl (C=O) groups excluding carboxylic acids is 2. The van der Waals surface area contributed by atoms with E-state index in [2.05, 4.69) is 0 Å². The van der Waals surface area contributed by atoms with Gasteiger partial charge in [0, 0.05) is 12.8 Å². The summed E-state index contributed by atoms with van der Waals surface area (Å²) < 4.78 is 5.13. The molecule has 0 bridgehead atoms. The van der Waals surface area contributed by atoms with Crippen LogP contribution < -0.4 is 9.64 Å². The van der Waals surface area contributed by atoms with Gasteiger partial charge in [-0.15, -0.1) is 0 Å². The summed E-state index contributed by atoms with van der Waals surface area (Å²) in [6.07, 6.45) is 0.705. The van der Waals surface area contributed by atoms with Crippen molar-refractivity contribution in [2.24, 2.45) is 5.41 Å². The molecule has 1 aliphatic heterocycles. The molecule has 20 heavy (non-hydrogen) atoms. The minimum absolute atomic E-state index is 0.0326. The van der Waals surface area contributed by atoms with Crippen molar-refractivity contribution in [2.75, 3.05) is 11.5 Å². The molecule has 1 heterocycles. The number of rotatable bonds is 3. The first-order chi connectivity index (χ1) is 9.43. The molecule has 1 aliphatic rings. The molecule has 104 valence electrons. The molecule has 0 radical (unpaired) electrons. The first kappa shape index (κ1) is 14.1. The molecule has 5 heteroatoms.